The van der Waals surface area contributed by atoms with E-state index < -0.39 is 93.9 Å². The first-order valence-corrected chi connectivity index (χ1v) is 15.3. The third-order valence-corrected chi connectivity index (χ3v) is 9.78. The largest absolute Gasteiger partial charge is 0.408 e. The Bertz CT molecular complexity index is 1450. The van der Waals surface area contributed by atoms with Gasteiger partial charge in [0, 0.05) is 35.8 Å². The van der Waals surface area contributed by atoms with Gasteiger partial charge in [0.05, 0.1) is 22.9 Å². The van der Waals surface area contributed by atoms with E-state index in [2.05, 4.69) is 15.3 Å². The van der Waals surface area contributed by atoms with Crippen molar-refractivity contribution in [2.75, 3.05) is 23.4 Å². The van der Waals surface area contributed by atoms with Crippen molar-refractivity contribution in [3.05, 3.63) is 28.5 Å². The number of carbonyl (C=O) groups is 2. The van der Waals surface area contributed by atoms with Crippen LogP contribution in [0.5, 0.6) is 0 Å². The Morgan fingerprint density at radius 2 is 1.83 bits per heavy atom. The lowest BCUT2D eigenvalue weighted by Gasteiger charge is -2.22. The molecule has 1 unspecified atom stereocenters. The third-order valence-electron chi connectivity index (χ3n) is 6.97. The number of nitrogens with zero attached hydrogens (tertiary/aromatic N) is 3. The molecule has 9 nitrogen and oxygen atoms in total. The maximum absolute atomic E-state index is 14.2. The zero-order valence-electron chi connectivity index (χ0n) is 22.1. The summed E-state index contributed by atoms with van der Waals surface area (Å²) >= 11 is 0.503. The monoisotopic (exact) mass is 645 g/mol. The molecule has 0 spiro atoms. The number of hydrogen-bond acceptors (Lipinski definition) is 8. The fourth-order valence-electron chi connectivity index (χ4n) is 4.67. The molecule has 2 aliphatic heterocycles. The second kappa shape index (κ2) is 11.6. The lowest BCUT2D eigenvalue weighted by atomic mass is 10.1. The predicted octanol–water partition coefficient (Wildman–Crippen LogP) is 4.68. The van der Waals surface area contributed by atoms with E-state index in [1.807, 2.05) is 5.32 Å². The average Bonchev–Trinajstić information content (AvgIpc) is 3.44. The highest BCUT2D eigenvalue weighted by atomic mass is 32.2. The van der Waals surface area contributed by atoms with Crippen molar-refractivity contribution in [3.8, 4) is 10.4 Å². The summed E-state index contributed by atoms with van der Waals surface area (Å²) in [5, 5.41) is 4.20. The van der Waals surface area contributed by atoms with Crippen LogP contribution in [0.25, 0.3) is 10.4 Å². The Labute approximate surface area is 239 Å². The van der Waals surface area contributed by atoms with Crippen LogP contribution in [0.4, 0.5) is 36.6 Å². The predicted molar refractivity (Wildman–Crippen MR) is 139 cm³/mol. The molecule has 0 saturated carbocycles. The van der Waals surface area contributed by atoms with E-state index in [1.54, 1.807) is 0 Å². The highest BCUT2D eigenvalue weighted by Crippen LogP contribution is 2.40. The molecular weight excluding hydrogens is 619 g/mol. The molecule has 2 amide bonds. The van der Waals surface area contributed by atoms with E-state index in [1.165, 1.54) is 6.92 Å². The van der Waals surface area contributed by atoms with Crippen LogP contribution in [0.15, 0.2) is 12.3 Å². The van der Waals surface area contributed by atoms with Crippen LogP contribution in [0, 0.1) is 0 Å². The van der Waals surface area contributed by atoms with Crippen LogP contribution in [-0.2, 0) is 9.84 Å². The molecule has 4 rings (SSSR count). The van der Waals surface area contributed by atoms with Gasteiger partial charge in [0.2, 0.25) is 0 Å². The number of amides is 2. The summed E-state index contributed by atoms with van der Waals surface area (Å²) in [4.78, 5) is 34.8. The van der Waals surface area contributed by atoms with Gasteiger partial charge < -0.3 is 15.5 Å². The van der Waals surface area contributed by atoms with Crippen LogP contribution in [-0.4, -0.2) is 83.4 Å². The van der Waals surface area contributed by atoms with Crippen molar-refractivity contribution in [1.29, 1.82) is 0 Å². The molecule has 2 N–H and O–H groups in total. The van der Waals surface area contributed by atoms with E-state index in [0.717, 1.165) is 18.0 Å². The van der Waals surface area contributed by atoms with Crippen LogP contribution >= 0.6 is 11.3 Å². The Morgan fingerprint density at radius 3 is 2.38 bits per heavy atom. The van der Waals surface area contributed by atoms with Gasteiger partial charge in [0.15, 0.2) is 5.01 Å². The number of rotatable bonds is 7. The Morgan fingerprint density at radius 1 is 1.19 bits per heavy atom. The van der Waals surface area contributed by atoms with Crippen LogP contribution in [0.2, 0.25) is 0 Å². The molecule has 232 valence electrons. The second-order valence-electron chi connectivity index (χ2n) is 10.3. The van der Waals surface area contributed by atoms with Gasteiger partial charge in [-0.2, -0.15) is 13.2 Å². The van der Waals surface area contributed by atoms with Gasteiger partial charge in [-0.1, -0.05) is 0 Å². The minimum atomic E-state index is -4.71. The standard InChI is InChI=1S/C24H26F7N5O4S2/c1-11-8-23(27,28)10-36(11)22(38)17-18(41-21(35-17)20(37)34-13-3-5-42(39,40)6-4-13)15-9-32-16(7-14(15)19(25)26)33-12(2)24(29,30)31/h7,9,11-13,19H,3-6,8,10H2,1-2H3,(H,32,33)(H,34,37)/t11-,12?/m0/s1. The third kappa shape index (κ3) is 7.12. The molecule has 2 atom stereocenters. The summed E-state index contributed by atoms with van der Waals surface area (Å²) in [7, 11) is -3.24. The molecular formula is C24H26F7N5O4S2. The molecule has 0 aliphatic carbocycles. The number of anilines is 1. The minimum absolute atomic E-state index is 0.114. The maximum atomic E-state index is 14.2. The number of thiazole rings is 1. The molecule has 4 heterocycles. The van der Waals surface area contributed by atoms with Crippen molar-refractivity contribution in [2.24, 2.45) is 0 Å². The number of carbonyl (C=O) groups excluding carboxylic acids is 2. The van der Waals surface area contributed by atoms with E-state index in [0.29, 0.717) is 17.4 Å². The summed E-state index contributed by atoms with van der Waals surface area (Å²) in [5.41, 5.74) is -1.82. The molecule has 0 aromatic carbocycles. The Balaban J connectivity index is 1.73. The van der Waals surface area contributed by atoms with Crippen molar-refractivity contribution >= 4 is 38.8 Å². The van der Waals surface area contributed by atoms with E-state index in [-0.39, 0.29) is 34.2 Å². The fourth-order valence-corrected chi connectivity index (χ4v) is 7.15. The van der Waals surface area contributed by atoms with Gasteiger partial charge in [-0.25, -0.2) is 35.9 Å². The smallest absolute Gasteiger partial charge is 0.359 e. The summed E-state index contributed by atoms with van der Waals surface area (Å²) in [6.45, 7) is 1.15. The van der Waals surface area contributed by atoms with E-state index in [4.69, 9.17) is 0 Å². The lowest BCUT2D eigenvalue weighted by molar-refractivity contribution is -0.138. The molecule has 2 saturated heterocycles. The molecule has 2 aromatic heterocycles. The number of hydrogen-bond donors (Lipinski definition) is 2. The van der Waals surface area contributed by atoms with Crippen LogP contribution in [0.3, 0.4) is 0 Å². The molecule has 0 radical (unpaired) electrons. The minimum Gasteiger partial charge on any atom is -0.359 e. The SMILES string of the molecule is CC(Nc1cc(C(F)F)c(-c2sc(C(=O)NC3CCS(=O)(=O)CC3)nc2C(=O)N2CC(F)(F)C[C@@H]2C)cn1)C(F)(F)F. The summed E-state index contributed by atoms with van der Waals surface area (Å²) in [6.07, 6.45) is -7.61. The first kappa shape index (κ1) is 31.9. The number of halogens is 7. The summed E-state index contributed by atoms with van der Waals surface area (Å²) < 4.78 is 119. The maximum Gasteiger partial charge on any atom is 0.408 e. The van der Waals surface area contributed by atoms with Gasteiger partial charge in [0.1, 0.15) is 27.4 Å². The van der Waals surface area contributed by atoms with Gasteiger partial charge >= 0.3 is 6.18 Å². The van der Waals surface area contributed by atoms with Crippen molar-refractivity contribution < 1.29 is 48.7 Å². The van der Waals surface area contributed by atoms with Gasteiger partial charge in [-0.3, -0.25) is 9.59 Å². The van der Waals surface area contributed by atoms with Crippen molar-refractivity contribution in [2.45, 2.75) is 69.8 Å². The quantitative estimate of drug-likeness (QED) is 0.420. The molecule has 2 aromatic rings. The van der Waals surface area contributed by atoms with Crippen molar-refractivity contribution in [1.82, 2.24) is 20.2 Å². The normalized spacial score (nSPS) is 21.4. The zero-order valence-corrected chi connectivity index (χ0v) is 23.8. The fraction of sp³-hybridized carbons (Fsp3) is 0.583. The molecule has 2 fully saturated rings. The Hall–Kier alpha value is -3.02. The molecule has 42 heavy (non-hydrogen) atoms. The summed E-state index contributed by atoms with van der Waals surface area (Å²) in [6, 6.07) is -2.97. The number of pyridine rings is 1. The first-order valence-electron chi connectivity index (χ1n) is 12.7. The highest BCUT2D eigenvalue weighted by Gasteiger charge is 2.46. The van der Waals surface area contributed by atoms with E-state index >= 15 is 0 Å². The zero-order chi connectivity index (χ0) is 31.2. The number of nitrogens with one attached hydrogen (secondary N) is 2. The number of alkyl halides is 7. The molecule has 18 heteroatoms. The second-order valence-corrected chi connectivity index (χ2v) is 13.6. The summed E-state index contributed by atoms with van der Waals surface area (Å²) in [5.74, 6) is -5.97. The Kier molecular flexibility index (Phi) is 8.79. The van der Waals surface area contributed by atoms with E-state index in [9.17, 15) is 48.7 Å². The number of sulfone groups is 1. The van der Waals surface area contributed by atoms with Crippen molar-refractivity contribution in [3.63, 3.8) is 0 Å². The first-order chi connectivity index (χ1) is 19.4. The molecule has 0 bridgehead atoms. The number of likely N-dealkylation sites (tertiary alicyclic amines) is 1. The molecule has 2 aliphatic rings. The van der Waals surface area contributed by atoms with Gasteiger partial charge in [-0.05, 0) is 32.8 Å². The van der Waals surface area contributed by atoms with Gasteiger partial charge in [0.25, 0.3) is 24.2 Å². The van der Waals surface area contributed by atoms with Crippen LogP contribution in [0.1, 0.15) is 65.4 Å². The number of aromatic nitrogens is 2. The van der Waals surface area contributed by atoms with Crippen LogP contribution < -0.4 is 10.6 Å². The lowest BCUT2D eigenvalue weighted by Crippen LogP contribution is -2.41. The van der Waals surface area contributed by atoms with Gasteiger partial charge in [-0.15, -0.1) is 11.3 Å². The topological polar surface area (TPSA) is 121 Å². The average molecular weight is 646 g/mol. The highest BCUT2D eigenvalue weighted by molar-refractivity contribution is 7.91.